The van der Waals surface area contributed by atoms with Gasteiger partial charge in [0.15, 0.2) is 5.69 Å². The third-order valence-electron chi connectivity index (χ3n) is 6.22. The van der Waals surface area contributed by atoms with Gasteiger partial charge >= 0.3 is 0 Å². The Bertz CT molecular complexity index is 597. The molecule has 0 unspecified atom stereocenters. The molecule has 0 bridgehead atoms. The van der Waals surface area contributed by atoms with Crippen molar-refractivity contribution in [1.82, 2.24) is 15.1 Å². The molecule has 120 valence electrons. The molecule has 5 heteroatoms. The third-order valence-corrected chi connectivity index (χ3v) is 6.22. The van der Waals surface area contributed by atoms with Crippen molar-refractivity contribution in [3.8, 4) is 0 Å². The molecule has 1 aromatic heterocycles. The van der Waals surface area contributed by atoms with Gasteiger partial charge < -0.3 is 10.0 Å². The number of nitrogens with zero attached hydrogens (tertiary/aromatic N) is 2. The van der Waals surface area contributed by atoms with Crippen LogP contribution < -0.4 is 0 Å². The molecule has 1 aliphatic heterocycles. The minimum absolute atomic E-state index is 0.0623. The quantitative estimate of drug-likeness (QED) is 0.877. The molecular formula is C17H25N3O2. The number of nitrogens with one attached hydrogen (secondary N) is 1. The highest BCUT2D eigenvalue weighted by Crippen LogP contribution is 2.44. The predicted molar refractivity (Wildman–Crippen MR) is 82.6 cm³/mol. The van der Waals surface area contributed by atoms with Crippen molar-refractivity contribution in [2.45, 2.75) is 57.5 Å². The molecule has 1 amide bonds. The lowest BCUT2D eigenvalue weighted by Crippen LogP contribution is -2.44. The predicted octanol–water partition coefficient (Wildman–Crippen LogP) is 1.91. The summed E-state index contributed by atoms with van der Waals surface area (Å²) in [5.41, 5.74) is 2.33. The topological polar surface area (TPSA) is 69.2 Å². The van der Waals surface area contributed by atoms with Crippen molar-refractivity contribution >= 4 is 5.91 Å². The van der Waals surface area contributed by atoms with Crippen molar-refractivity contribution in [2.24, 2.45) is 11.8 Å². The Morgan fingerprint density at radius 1 is 1.41 bits per heavy atom. The standard InChI is InChI=1S/C17H25N3O2/c1-2-17(22)8-4-5-11-9-20(10-13(11)17)16(21)15-12-6-3-7-14(12)18-19-15/h11,13,22H,2-10H2,1H3,(H,18,19)/t11-,13+,17-/m0/s1. The lowest BCUT2D eigenvalue weighted by atomic mass is 9.69. The molecule has 2 aliphatic carbocycles. The summed E-state index contributed by atoms with van der Waals surface area (Å²) in [6.07, 6.45) is 6.97. The van der Waals surface area contributed by atoms with Crippen LogP contribution in [0.4, 0.5) is 0 Å². The lowest BCUT2D eigenvalue weighted by molar-refractivity contribution is -0.0609. The van der Waals surface area contributed by atoms with Gasteiger partial charge in [-0.05, 0) is 44.4 Å². The summed E-state index contributed by atoms with van der Waals surface area (Å²) >= 11 is 0. The fourth-order valence-corrected chi connectivity index (χ4v) is 4.88. The van der Waals surface area contributed by atoms with Gasteiger partial charge in [-0.15, -0.1) is 0 Å². The van der Waals surface area contributed by atoms with Gasteiger partial charge in [0, 0.05) is 30.3 Å². The lowest BCUT2D eigenvalue weighted by Gasteiger charge is -2.40. The number of carbonyl (C=O) groups excluding carboxylic acids is 1. The van der Waals surface area contributed by atoms with Crippen molar-refractivity contribution < 1.29 is 9.90 Å². The largest absolute Gasteiger partial charge is 0.390 e. The summed E-state index contributed by atoms with van der Waals surface area (Å²) in [5, 5.41) is 18.2. The molecule has 22 heavy (non-hydrogen) atoms. The van der Waals surface area contributed by atoms with Gasteiger partial charge in [-0.3, -0.25) is 9.89 Å². The number of H-pyrrole nitrogens is 1. The van der Waals surface area contributed by atoms with Gasteiger partial charge in [0.25, 0.3) is 5.91 Å². The number of aryl methyl sites for hydroxylation is 1. The van der Waals surface area contributed by atoms with Crippen molar-refractivity contribution in [3.63, 3.8) is 0 Å². The first kappa shape index (κ1) is 14.2. The second-order valence-electron chi connectivity index (χ2n) is 7.31. The number of likely N-dealkylation sites (tertiary alicyclic amines) is 1. The highest BCUT2D eigenvalue weighted by molar-refractivity contribution is 5.94. The molecule has 1 saturated carbocycles. The number of hydrogen-bond acceptors (Lipinski definition) is 3. The second kappa shape index (κ2) is 5.08. The smallest absolute Gasteiger partial charge is 0.274 e. The highest BCUT2D eigenvalue weighted by Gasteiger charge is 2.49. The third kappa shape index (κ3) is 2.02. The van der Waals surface area contributed by atoms with Crippen LogP contribution >= 0.6 is 0 Å². The molecule has 2 fully saturated rings. The van der Waals surface area contributed by atoms with Crippen LogP contribution in [0.3, 0.4) is 0 Å². The fourth-order valence-electron chi connectivity index (χ4n) is 4.88. The molecule has 5 nitrogen and oxygen atoms in total. The monoisotopic (exact) mass is 303 g/mol. The molecule has 2 heterocycles. The second-order valence-corrected chi connectivity index (χ2v) is 7.31. The normalized spacial score (nSPS) is 33.8. The highest BCUT2D eigenvalue weighted by atomic mass is 16.3. The Morgan fingerprint density at radius 3 is 3.09 bits per heavy atom. The van der Waals surface area contributed by atoms with Crippen LogP contribution in [0.2, 0.25) is 0 Å². The Morgan fingerprint density at radius 2 is 2.27 bits per heavy atom. The van der Waals surface area contributed by atoms with E-state index in [-0.39, 0.29) is 11.8 Å². The van der Waals surface area contributed by atoms with Gasteiger partial charge in [-0.25, -0.2) is 0 Å². The van der Waals surface area contributed by atoms with Crippen LogP contribution in [0.15, 0.2) is 0 Å². The number of aromatic nitrogens is 2. The van der Waals surface area contributed by atoms with Crippen LogP contribution in [0.1, 0.15) is 60.8 Å². The van der Waals surface area contributed by atoms with E-state index in [4.69, 9.17) is 0 Å². The molecular weight excluding hydrogens is 278 g/mol. The average molecular weight is 303 g/mol. The SMILES string of the molecule is CC[C@]1(O)CCC[C@H]2CN(C(=O)c3n[nH]c4c3CCC4)C[C@H]21. The van der Waals surface area contributed by atoms with E-state index in [9.17, 15) is 9.90 Å². The number of aromatic amines is 1. The number of amides is 1. The minimum Gasteiger partial charge on any atom is -0.390 e. The molecule has 2 N–H and O–H groups in total. The number of carbonyl (C=O) groups is 1. The summed E-state index contributed by atoms with van der Waals surface area (Å²) in [7, 11) is 0. The van der Waals surface area contributed by atoms with Crippen LogP contribution in [0, 0.1) is 11.8 Å². The number of rotatable bonds is 2. The van der Waals surface area contributed by atoms with E-state index < -0.39 is 5.60 Å². The maximum Gasteiger partial charge on any atom is 0.274 e. The van der Waals surface area contributed by atoms with Crippen LogP contribution in [-0.2, 0) is 12.8 Å². The van der Waals surface area contributed by atoms with E-state index in [2.05, 4.69) is 17.1 Å². The van der Waals surface area contributed by atoms with E-state index in [1.54, 1.807) is 0 Å². The van der Waals surface area contributed by atoms with Gasteiger partial charge in [0.2, 0.25) is 0 Å². The first-order valence-electron chi connectivity index (χ1n) is 8.70. The van der Waals surface area contributed by atoms with Gasteiger partial charge in [0.1, 0.15) is 0 Å². The molecule has 4 rings (SSSR count). The summed E-state index contributed by atoms with van der Waals surface area (Å²) < 4.78 is 0. The molecule has 3 aliphatic rings. The van der Waals surface area contributed by atoms with E-state index in [0.717, 1.165) is 62.7 Å². The first-order valence-corrected chi connectivity index (χ1v) is 8.70. The van der Waals surface area contributed by atoms with Gasteiger partial charge in [0.05, 0.1) is 5.60 Å². The Kier molecular flexibility index (Phi) is 3.29. The van der Waals surface area contributed by atoms with Crippen molar-refractivity contribution in [2.75, 3.05) is 13.1 Å². The Hall–Kier alpha value is -1.36. The van der Waals surface area contributed by atoms with Crippen molar-refractivity contribution in [1.29, 1.82) is 0 Å². The van der Waals surface area contributed by atoms with E-state index in [0.29, 0.717) is 18.2 Å². The zero-order valence-corrected chi connectivity index (χ0v) is 13.3. The Labute approximate surface area is 131 Å². The zero-order chi connectivity index (χ0) is 15.3. The first-order chi connectivity index (χ1) is 10.6. The summed E-state index contributed by atoms with van der Waals surface area (Å²) in [4.78, 5) is 14.8. The molecule has 1 saturated heterocycles. The Balaban J connectivity index is 1.56. The maximum absolute atomic E-state index is 12.9. The van der Waals surface area contributed by atoms with Crippen LogP contribution in [-0.4, -0.2) is 44.8 Å². The van der Waals surface area contributed by atoms with E-state index >= 15 is 0 Å². The average Bonchev–Trinajstić information content (AvgIpc) is 3.21. The summed E-state index contributed by atoms with van der Waals surface area (Å²) in [6, 6.07) is 0. The number of fused-ring (bicyclic) bond motifs is 2. The fraction of sp³-hybridized carbons (Fsp3) is 0.765. The van der Waals surface area contributed by atoms with Crippen LogP contribution in [0.25, 0.3) is 0 Å². The van der Waals surface area contributed by atoms with E-state index in [1.165, 1.54) is 0 Å². The molecule has 1 aromatic rings. The summed E-state index contributed by atoms with van der Waals surface area (Å²) in [5.74, 6) is 0.754. The van der Waals surface area contributed by atoms with Gasteiger partial charge in [-0.1, -0.05) is 13.3 Å². The molecule has 0 aromatic carbocycles. The maximum atomic E-state index is 12.9. The van der Waals surface area contributed by atoms with Crippen LogP contribution in [0.5, 0.6) is 0 Å². The number of hydrogen-bond donors (Lipinski definition) is 2. The van der Waals surface area contributed by atoms with Crippen molar-refractivity contribution in [3.05, 3.63) is 17.0 Å². The van der Waals surface area contributed by atoms with Gasteiger partial charge in [-0.2, -0.15) is 5.10 Å². The number of aliphatic hydroxyl groups is 1. The molecule has 0 spiro atoms. The zero-order valence-electron chi connectivity index (χ0n) is 13.3. The van der Waals surface area contributed by atoms with E-state index in [1.807, 2.05) is 4.90 Å². The molecule has 3 atom stereocenters. The summed E-state index contributed by atoms with van der Waals surface area (Å²) in [6.45, 7) is 3.54. The molecule has 0 radical (unpaired) electrons. The minimum atomic E-state index is -0.578.